The fraction of sp³-hybridized carbons (Fsp3) is 0.333. The van der Waals surface area contributed by atoms with Gasteiger partial charge in [-0.25, -0.2) is 0 Å². The van der Waals surface area contributed by atoms with Gasteiger partial charge in [-0.05, 0) is 40.5 Å². The second kappa shape index (κ2) is 5.19. The molecule has 1 nitrogen and oxygen atoms in total. The van der Waals surface area contributed by atoms with E-state index in [4.69, 9.17) is 5.73 Å². The number of aryl methyl sites for hydroxylation is 1. The van der Waals surface area contributed by atoms with Gasteiger partial charge in [-0.1, -0.05) is 19.9 Å². The molecule has 0 aliphatic heterocycles. The van der Waals surface area contributed by atoms with Crippen molar-refractivity contribution in [2.75, 3.05) is 5.73 Å². The molecule has 0 bridgehead atoms. The third-order valence-corrected chi connectivity index (χ3v) is 1.84. The van der Waals surface area contributed by atoms with E-state index in [1.54, 1.807) is 0 Å². The van der Waals surface area contributed by atoms with Crippen molar-refractivity contribution in [2.45, 2.75) is 20.8 Å². The van der Waals surface area contributed by atoms with E-state index in [9.17, 15) is 0 Å². The van der Waals surface area contributed by atoms with Crippen molar-refractivity contribution in [3.05, 3.63) is 28.2 Å². The zero-order chi connectivity index (χ0) is 8.85. The molecular formula is C9H14BrN. The van der Waals surface area contributed by atoms with Crippen molar-refractivity contribution < 1.29 is 0 Å². The second-order valence-electron chi connectivity index (χ2n) is 2.02. The number of benzene rings is 1. The lowest BCUT2D eigenvalue weighted by Gasteiger charge is -1.96. The maximum Gasteiger partial charge on any atom is 0.0458 e. The molecule has 2 heteroatoms. The van der Waals surface area contributed by atoms with Crippen LogP contribution in [0.4, 0.5) is 5.69 Å². The van der Waals surface area contributed by atoms with Gasteiger partial charge in [0.15, 0.2) is 0 Å². The first-order chi connectivity index (χ1) is 5.20. The Labute approximate surface area is 76.7 Å². The number of nitrogen functional groups attached to an aromatic ring is 1. The molecule has 62 valence electrons. The zero-order valence-corrected chi connectivity index (χ0v) is 8.77. The molecule has 0 heterocycles. The lowest BCUT2D eigenvalue weighted by molar-refractivity contribution is 1.45. The molecule has 1 rings (SSSR count). The second-order valence-corrected chi connectivity index (χ2v) is 2.88. The van der Waals surface area contributed by atoms with Gasteiger partial charge in [0.05, 0.1) is 0 Å². The summed E-state index contributed by atoms with van der Waals surface area (Å²) in [6.07, 6.45) is 0. The van der Waals surface area contributed by atoms with Crippen molar-refractivity contribution in [1.29, 1.82) is 0 Å². The molecule has 0 unspecified atom stereocenters. The Hall–Kier alpha value is -0.500. The maximum absolute atomic E-state index is 5.54. The van der Waals surface area contributed by atoms with Crippen molar-refractivity contribution in [3.63, 3.8) is 0 Å². The average Bonchev–Trinajstić information content (AvgIpc) is 2.02. The Kier molecular flexibility index (Phi) is 4.95. The fourth-order valence-corrected chi connectivity index (χ4v) is 1.13. The molecular weight excluding hydrogens is 202 g/mol. The number of anilines is 1. The molecule has 0 aromatic heterocycles. The van der Waals surface area contributed by atoms with Gasteiger partial charge < -0.3 is 5.73 Å². The van der Waals surface area contributed by atoms with Crippen LogP contribution >= 0.6 is 15.9 Å². The Morgan fingerprint density at radius 2 is 1.82 bits per heavy atom. The van der Waals surface area contributed by atoms with Crippen LogP contribution in [0.5, 0.6) is 0 Å². The van der Waals surface area contributed by atoms with E-state index in [0.717, 1.165) is 10.2 Å². The van der Waals surface area contributed by atoms with E-state index in [-0.39, 0.29) is 0 Å². The van der Waals surface area contributed by atoms with E-state index >= 15 is 0 Å². The Morgan fingerprint density at radius 1 is 1.27 bits per heavy atom. The summed E-state index contributed by atoms with van der Waals surface area (Å²) in [6.45, 7) is 6.03. The quantitative estimate of drug-likeness (QED) is 0.661. The van der Waals surface area contributed by atoms with Crippen LogP contribution in [0.15, 0.2) is 22.7 Å². The predicted octanol–water partition coefficient (Wildman–Crippen LogP) is 3.37. The van der Waals surface area contributed by atoms with Crippen molar-refractivity contribution >= 4 is 21.6 Å². The van der Waals surface area contributed by atoms with E-state index < -0.39 is 0 Å². The predicted molar refractivity (Wildman–Crippen MR) is 54.6 cm³/mol. The molecule has 0 aliphatic carbocycles. The smallest absolute Gasteiger partial charge is 0.0458 e. The van der Waals surface area contributed by atoms with Crippen LogP contribution in [-0.2, 0) is 0 Å². The van der Waals surface area contributed by atoms with Gasteiger partial charge in [0.2, 0.25) is 0 Å². The Bertz CT molecular complexity index is 221. The highest BCUT2D eigenvalue weighted by atomic mass is 79.9. The summed E-state index contributed by atoms with van der Waals surface area (Å²) in [5, 5.41) is 0. The summed E-state index contributed by atoms with van der Waals surface area (Å²) in [5.41, 5.74) is 7.55. The van der Waals surface area contributed by atoms with E-state index in [1.807, 2.05) is 39.0 Å². The minimum atomic E-state index is 0.792. The third kappa shape index (κ3) is 3.42. The molecule has 1 aromatic rings. The van der Waals surface area contributed by atoms with Crippen LogP contribution in [0, 0.1) is 6.92 Å². The number of halogens is 1. The van der Waals surface area contributed by atoms with Gasteiger partial charge in [0, 0.05) is 10.2 Å². The average molecular weight is 216 g/mol. The van der Waals surface area contributed by atoms with Crippen molar-refractivity contribution in [3.8, 4) is 0 Å². The summed E-state index contributed by atoms with van der Waals surface area (Å²) in [5.74, 6) is 0. The van der Waals surface area contributed by atoms with E-state index in [0.29, 0.717) is 0 Å². The number of rotatable bonds is 0. The molecule has 2 N–H and O–H groups in total. The van der Waals surface area contributed by atoms with Crippen molar-refractivity contribution in [2.24, 2.45) is 0 Å². The first-order valence-corrected chi connectivity index (χ1v) is 4.51. The lowest BCUT2D eigenvalue weighted by atomic mass is 10.2. The summed E-state index contributed by atoms with van der Waals surface area (Å²) in [7, 11) is 0. The van der Waals surface area contributed by atoms with Crippen LogP contribution in [0.25, 0.3) is 0 Å². The van der Waals surface area contributed by atoms with Crippen LogP contribution in [-0.4, -0.2) is 0 Å². The summed E-state index contributed by atoms with van der Waals surface area (Å²) < 4.78 is 0.975. The molecule has 0 aliphatic rings. The number of hydrogen-bond donors (Lipinski definition) is 1. The van der Waals surface area contributed by atoms with Crippen LogP contribution in [0.2, 0.25) is 0 Å². The maximum atomic E-state index is 5.54. The molecule has 0 saturated carbocycles. The lowest BCUT2D eigenvalue weighted by Crippen LogP contribution is -1.85. The molecule has 0 fully saturated rings. The Morgan fingerprint density at radius 3 is 2.18 bits per heavy atom. The van der Waals surface area contributed by atoms with Gasteiger partial charge in [0.25, 0.3) is 0 Å². The van der Waals surface area contributed by atoms with E-state index in [2.05, 4.69) is 15.9 Å². The minimum absolute atomic E-state index is 0.792. The summed E-state index contributed by atoms with van der Waals surface area (Å²) >= 11 is 3.32. The largest absolute Gasteiger partial charge is 0.398 e. The third-order valence-electron chi connectivity index (χ3n) is 1.16. The first-order valence-electron chi connectivity index (χ1n) is 3.72. The molecule has 1 aromatic carbocycles. The highest BCUT2D eigenvalue weighted by Gasteiger charge is 1.91. The number of nitrogens with two attached hydrogens (primary N) is 1. The minimum Gasteiger partial charge on any atom is -0.398 e. The first kappa shape index (κ1) is 10.5. The zero-order valence-electron chi connectivity index (χ0n) is 7.19. The van der Waals surface area contributed by atoms with E-state index in [1.165, 1.54) is 5.56 Å². The van der Waals surface area contributed by atoms with Gasteiger partial charge in [0.1, 0.15) is 0 Å². The normalized spacial score (nSPS) is 8.36. The molecule has 11 heavy (non-hydrogen) atoms. The van der Waals surface area contributed by atoms with Gasteiger partial charge in [-0.15, -0.1) is 0 Å². The SMILES string of the molecule is CC.Cc1ccc(N)c(Br)c1. The van der Waals surface area contributed by atoms with Crippen LogP contribution < -0.4 is 5.73 Å². The van der Waals surface area contributed by atoms with Crippen LogP contribution in [0.3, 0.4) is 0 Å². The highest BCUT2D eigenvalue weighted by molar-refractivity contribution is 9.10. The van der Waals surface area contributed by atoms with Gasteiger partial charge in [-0.3, -0.25) is 0 Å². The topological polar surface area (TPSA) is 26.0 Å². The highest BCUT2D eigenvalue weighted by Crippen LogP contribution is 2.19. The number of hydrogen-bond acceptors (Lipinski definition) is 1. The standard InChI is InChI=1S/C7H8BrN.C2H6/c1-5-2-3-7(9)6(8)4-5;1-2/h2-4H,9H2,1H3;1-2H3. The molecule has 0 radical (unpaired) electrons. The Balaban J connectivity index is 0.000000461. The molecule has 0 atom stereocenters. The van der Waals surface area contributed by atoms with Crippen molar-refractivity contribution in [1.82, 2.24) is 0 Å². The van der Waals surface area contributed by atoms with Gasteiger partial charge in [-0.2, -0.15) is 0 Å². The molecule has 0 spiro atoms. The molecule has 0 amide bonds. The van der Waals surface area contributed by atoms with Gasteiger partial charge >= 0.3 is 0 Å². The van der Waals surface area contributed by atoms with Crippen LogP contribution in [0.1, 0.15) is 19.4 Å². The summed E-state index contributed by atoms with van der Waals surface area (Å²) in [4.78, 5) is 0. The molecule has 0 saturated heterocycles. The fourth-order valence-electron chi connectivity index (χ4n) is 0.632. The summed E-state index contributed by atoms with van der Waals surface area (Å²) in [6, 6.07) is 5.87. The monoisotopic (exact) mass is 215 g/mol.